The third-order valence-electron chi connectivity index (χ3n) is 2.20. The molecule has 1 N–H and O–H groups in total. The first-order valence-corrected chi connectivity index (χ1v) is 6.55. The van der Waals surface area contributed by atoms with Gasteiger partial charge in [-0.15, -0.1) is 18.2 Å². The zero-order valence-electron chi connectivity index (χ0n) is 10.2. The van der Waals surface area contributed by atoms with E-state index >= 15 is 0 Å². The van der Waals surface area contributed by atoms with Gasteiger partial charge in [0.15, 0.2) is 11.6 Å². The van der Waals surface area contributed by atoms with E-state index in [0.29, 0.717) is 23.6 Å². The molecule has 20 heavy (non-hydrogen) atoms. The highest BCUT2D eigenvalue weighted by molar-refractivity contribution is 7.99. The molecule has 0 bridgehead atoms. The number of carbonyl (C=O) groups is 1. The van der Waals surface area contributed by atoms with Gasteiger partial charge in [0.2, 0.25) is 0 Å². The van der Waals surface area contributed by atoms with Crippen LogP contribution in [0.3, 0.4) is 0 Å². The van der Waals surface area contributed by atoms with Crippen molar-refractivity contribution in [3.8, 4) is 12.3 Å². The Labute approximate surface area is 117 Å². The zero-order valence-corrected chi connectivity index (χ0v) is 11.0. The molecule has 0 spiro atoms. The van der Waals surface area contributed by atoms with Crippen molar-refractivity contribution < 1.29 is 18.5 Å². The molecule has 1 rings (SSSR count). The van der Waals surface area contributed by atoms with Crippen LogP contribution in [0.4, 0.5) is 14.5 Å². The Kier molecular flexibility index (Phi) is 5.93. The second-order valence-electron chi connectivity index (χ2n) is 3.55. The van der Waals surface area contributed by atoms with E-state index in [1.165, 1.54) is 11.8 Å². The summed E-state index contributed by atoms with van der Waals surface area (Å²) in [4.78, 5) is 21.5. The van der Waals surface area contributed by atoms with Crippen LogP contribution in [0.2, 0.25) is 0 Å². The van der Waals surface area contributed by atoms with E-state index < -0.39 is 33.7 Å². The van der Waals surface area contributed by atoms with Crippen LogP contribution in [0, 0.1) is 34.1 Å². The number of amides is 1. The van der Waals surface area contributed by atoms with Crippen LogP contribution in [0.25, 0.3) is 0 Å². The lowest BCUT2D eigenvalue weighted by Gasteiger charge is -2.06. The molecule has 0 heterocycles. The Morgan fingerprint density at radius 3 is 2.70 bits per heavy atom. The van der Waals surface area contributed by atoms with Gasteiger partial charge in [-0.1, -0.05) is 5.92 Å². The predicted molar refractivity (Wildman–Crippen MR) is 71.5 cm³/mol. The van der Waals surface area contributed by atoms with Crippen molar-refractivity contribution in [2.45, 2.75) is 0 Å². The van der Waals surface area contributed by atoms with E-state index in [0.717, 1.165) is 0 Å². The molecule has 0 aliphatic carbocycles. The molecule has 1 aromatic carbocycles. The molecule has 5 nitrogen and oxygen atoms in total. The summed E-state index contributed by atoms with van der Waals surface area (Å²) in [6.45, 7) is 0.210. The van der Waals surface area contributed by atoms with Gasteiger partial charge >= 0.3 is 0 Å². The minimum atomic E-state index is -1.38. The molecular weight excluding hydrogens is 290 g/mol. The van der Waals surface area contributed by atoms with Crippen LogP contribution in [0.5, 0.6) is 0 Å². The molecule has 0 aliphatic heterocycles. The molecule has 0 unspecified atom stereocenters. The zero-order chi connectivity index (χ0) is 15.1. The monoisotopic (exact) mass is 300 g/mol. The number of hydrogen-bond donors (Lipinski definition) is 1. The summed E-state index contributed by atoms with van der Waals surface area (Å²) in [6.07, 6.45) is 5.04. The van der Waals surface area contributed by atoms with Crippen molar-refractivity contribution in [2.24, 2.45) is 0 Å². The first kappa shape index (κ1) is 15.9. The number of nitrogens with zero attached hydrogens (tertiary/aromatic N) is 1. The van der Waals surface area contributed by atoms with E-state index in [2.05, 4.69) is 11.2 Å². The minimum Gasteiger partial charge on any atom is -0.351 e. The third kappa shape index (κ3) is 4.20. The molecule has 0 radical (unpaired) electrons. The summed E-state index contributed by atoms with van der Waals surface area (Å²) in [5, 5.41) is 13.1. The van der Waals surface area contributed by atoms with E-state index in [-0.39, 0.29) is 6.54 Å². The number of halogens is 2. The SMILES string of the molecule is C#CCSCCNC(=O)c1cc(F)c(F)cc1[N+](=O)[O-]. The quantitative estimate of drug-likeness (QED) is 0.377. The smallest absolute Gasteiger partial charge is 0.285 e. The fourth-order valence-corrected chi connectivity index (χ4v) is 1.84. The molecule has 0 saturated carbocycles. The van der Waals surface area contributed by atoms with Crippen LogP contribution in [-0.2, 0) is 0 Å². The van der Waals surface area contributed by atoms with Crippen molar-refractivity contribution in [2.75, 3.05) is 18.1 Å². The summed E-state index contributed by atoms with van der Waals surface area (Å²) in [7, 11) is 0. The summed E-state index contributed by atoms with van der Waals surface area (Å²) >= 11 is 1.39. The molecule has 0 fully saturated rings. The molecule has 1 aromatic rings. The second kappa shape index (κ2) is 7.45. The minimum absolute atomic E-state index is 0.210. The summed E-state index contributed by atoms with van der Waals surface area (Å²) in [5.74, 6) is -0.155. The topological polar surface area (TPSA) is 72.2 Å². The number of benzene rings is 1. The maximum Gasteiger partial charge on any atom is 0.285 e. The lowest BCUT2D eigenvalue weighted by molar-refractivity contribution is -0.385. The highest BCUT2D eigenvalue weighted by Crippen LogP contribution is 2.22. The largest absolute Gasteiger partial charge is 0.351 e. The Morgan fingerprint density at radius 2 is 2.10 bits per heavy atom. The first-order chi connectivity index (χ1) is 9.47. The fraction of sp³-hybridized carbons (Fsp3) is 0.250. The standard InChI is InChI=1S/C12H10F2N2O3S/c1-2-4-20-5-3-15-12(17)8-6-9(13)10(14)7-11(8)16(18)19/h1,6-7H,3-5H2,(H,15,17). The first-order valence-electron chi connectivity index (χ1n) is 5.40. The Morgan fingerprint density at radius 1 is 1.45 bits per heavy atom. The molecule has 1 amide bonds. The number of hydrogen-bond acceptors (Lipinski definition) is 4. The number of carbonyl (C=O) groups excluding carboxylic acids is 1. The fourth-order valence-electron chi connectivity index (χ4n) is 1.33. The Bertz CT molecular complexity index is 573. The lowest BCUT2D eigenvalue weighted by Crippen LogP contribution is -2.26. The van der Waals surface area contributed by atoms with E-state index in [1.54, 1.807) is 0 Å². The van der Waals surface area contributed by atoms with Gasteiger partial charge in [0, 0.05) is 12.3 Å². The van der Waals surface area contributed by atoms with Gasteiger partial charge in [-0.25, -0.2) is 8.78 Å². The number of nitro benzene ring substituents is 1. The maximum absolute atomic E-state index is 13.1. The Balaban J connectivity index is 2.79. The van der Waals surface area contributed by atoms with Crippen molar-refractivity contribution in [3.05, 3.63) is 39.4 Å². The van der Waals surface area contributed by atoms with Gasteiger partial charge in [0.1, 0.15) is 5.56 Å². The highest BCUT2D eigenvalue weighted by Gasteiger charge is 2.23. The maximum atomic E-state index is 13.1. The van der Waals surface area contributed by atoms with Crippen LogP contribution in [-0.4, -0.2) is 28.9 Å². The molecular formula is C12H10F2N2O3S. The molecule has 0 atom stereocenters. The van der Waals surface area contributed by atoms with Gasteiger partial charge in [-0.3, -0.25) is 14.9 Å². The Hall–Kier alpha value is -2.14. The van der Waals surface area contributed by atoms with Gasteiger partial charge in [0.05, 0.1) is 16.7 Å². The van der Waals surface area contributed by atoms with E-state index in [1.807, 2.05) is 0 Å². The second-order valence-corrected chi connectivity index (χ2v) is 4.66. The lowest BCUT2D eigenvalue weighted by atomic mass is 10.1. The average molecular weight is 300 g/mol. The third-order valence-corrected chi connectivity index (χ3v) is 3.06. The van der Waals surface area contributed by atoms with Crippen LogP contribution in [0.1, 0.15) is 10.4 Å². The van der Waals surface area contributed by atoms with Gasteiger partial charge in [-0.05, 0) is 6.07 Å². The molecule has 0 aromatic heterocycles. The van der Waals surface area contributed by atoms with Crippen molar-refractivity contribution in [1.29, 1.82) is 0 Å². The number of rotatable bonds is 6. The van der Waals surface area contributed by atoms with Crippen LogP contribution in [0.15, 0.2) is 12.1 Å². The van der Waals surface area contributed by atoms with Crippen LogP contribution < -0.4 is 5.32 Å². The van der Waals surface area contributed by atoms with E-state index in [4.69, 9.17) is 6.42 Å². The molecule has 0 saturated heterocycles. The van der Waals surface area contributed by atoms with E-state index in [9.17, 15) is 23.7 Å². The number of nitrogens with one attached hydrogen (secondary N) is 1. The van der Waals surface area contributed by atoms with Gasteiger partial charge in [0.25, 0.3) is 11.6 Å². The normalized spacial score (nSPS) is 9.85. The van der Waals surface area contributed by atoms with Gasteiger partial charge in [-0.2, -0.15) is 0 Å². The summed E-state index contributed by atoms with van der Waals surface area (Å²) in [6, 6.07) is 0.898. The average Bonchev–Trinajstić information content (AvgIpc) is 2.40. The number of nitro groups is 1. The number of terminal acetylenes is 1. The molecule has 0 aliphatic rings. The summed E-state index contributed by atoms with van der Waals surface area (Å²) in [5.41, 5.74) is -1.30. The predicted octanol–water partition coefficient (Wildman–Crippen LogP) is 1.97. The molecule has 8 heteroatoms. The summed E-state index contributed by atoms with van der Waals surface area (Å²) < 4.78 is 26.0. The van der Waals surface area contributed by atoms with Gasteiger partial charge < -0.3 is 5.32 Å². The van der Waals surface area contributed by atoms with Crippen molar-refractivity contribution in [1.82, 2.24) is 5.32 Å². The van der Waals surface area contributed by atoms with Crippen molar-refractivity contribution >= 4 is 23.4 Å². The van der Waals surface area contributed by atoms with Crippen LogP contribution >= 0.6 is 11.8 Å². The number of thioether (sulfide) groups is 1. The van der Waals surface area contributed by atoms with Crippen molar-refractivity contribution in [3.63, 3.8) is 0 Å². The highest BCUT2D eigenvalue weighted by atomic mass is 32.2. The molecule has 106 valence electrons.